The summed E-state index contributed by atoms with van der Waals surface area (Å²) in [5.41, 5.74) is 11.4. The van der Waals surface area contributed by atoms with Gasteiger partial charge in [0.2, 0.25) is 0 Å². The lowest BCUT2D eigenvalue weighted by Crippen LogP contribution is -2.30. The molecule has 2 fully saturated rings. The summed E-state index contributed by atoms with van der Waals surface area (Å²) in [5.74, 6) is 2.85. The van der Waals surface area contributed by atoms with Crippen molar-refractivity contribution in [1.82, 2.24) is 4.90 Å². The number of hydrogen-bond acceptors (Lipinski definition) is 4. The largest absolute Gasteiger partial charge is 0.494 e. The Labute approximate surface area is 318 Å². The van der Waals surface area contributed by atoms with Crippen molar-refractivity contribution in [2.75, 3.05) is 19.7 Å². The third-order valence-electron chi connectivity index (χ3n) is 11.0. The second-order valence-electron chi connectivity index (χ2n) is 15.2. The molecule has 0 amide bonds. The molecular weight excluding hydrogens is 639 g/mol. The zero-order valence-corrected chi connectivity index (χ0v) is 34.4. The molecule has 0 radical (unpaired) electrons. The highest BCUT2D eigenvalue weighted by atomic mass is 16.5. The molecule has 4 heteroatoms. The van der Waals surface area contributed by atoms with Gasteiger partial charge in [0.25, 0.3) is 0 Å². The number of benzene rings is 3. The molecule has 0 N–H and O–H groups in total. The minimum Gasteiger partial charge on any atom is -0.494 e. The van der Waals surface area contributed by atoms with E-state index in [-0.39, 0.29) is 0 Å². The van der Waals surface area contributed by atoms with Gasteiger partial charge in [-0.05, 0) is 136 Å². The first-order chi connectivity index (χ1) is 25.1. The van der Waals surface area contributed by atoms with Crippen molar-refractivity contribution in [3.63, 3.8) is 0 Å². The molecule has 4 nitrogen and oxygen atoms in total. The van der Waals surface area contributed by atoms with Crippen molar-refractivity contribution in [3.05, 3.63) is 99.1 Å². The van der Waals surface area contributed by atoms with E-state index >= 15 is 0 Å². The highest BCUT2D eigenvalue weighted by Crippen LogP contribution is 2.45. The van der Waals surface area contributed by atoms with E-state index in [9.17, 15) is 9.59 Å². The van der Waals surface area contributed by atoms with E-state index in [0.717, 1.165) is 63.7 Å². The van der Waals surface area contributed by atoms with Crippen molar-refractivity contribution >= 4 is 11.6 Å². The number of carbonyl (C=O) groups is 2. The Kier molecular flexibility index (Phi) is 18.9. The lowest BCUT2D eigenvalue weighted by molar-refractivity contribution is -0.120. The van der Waals surface area contributed by atoms with Gasteiger partial charge in [0.05, 0.1) is 13.2 Å². The molecule has 5 rings (SSSR count). The quantitative estimate of drug-likeness (QED) is 0.149. The number of likely N-dealkylation sites (tertiary alicyclic amines) is 1. The van der Waals surface area contributed by atoms with Gasteiger partial charge in [-0.25, -0.2) is 0 Å². The molecule has 1 heterocycles. The Morgan fingerprint density at radius 1 is 0.769 bits per heavy atom. The predicted molar refractivity (Wildman–Crippen MR) is 221 cm³/mol. The summed E-state index contributed by atoms with van der Waals surface area (Å²) in [6, 6.07) is 21.0. The van der Waals surface area contributed by atoms with Crippen LogP contribution >= 0.6 is 0 Å². The Bertz CT molecular complexity index is 1490. The molecule has 3 aromatic carbocycles. The van der Waals surface area contributed by atoms with Crippen LogP contribution in [0, 0.1) is 13.8 Å². The first kappa shape index (κ1) is 43.2. The van der Waals surface area contributed by atoms with E-state index in [2.05, 4.69) is 115 Å². The number of aryl methyl sites for hydroxylation is 4. The van der Waals surface area contributed by atoms with Crippen LogP contribution in [0.25, 0.3) is 0 Å². The van der Waals surface area contributed by atoms with Crippen molar-refractivity contribution in [1.29, 1.82) is 0 Å². The SMILES string of the molecule is CCCC(=O)CN1C[C@H](c2ccc(C3CCC3)c(OCC)c2)C[C@@H]1c1ccc(CCC)cc1.CCCCC(C)=O.CCc1cc(C)cc(CC)c1C. The molecule has 1 aliphatic carbocycles. The van der Waals surface area contributed by atoms with Crippen LogP contribution in [0.4, 0.5) is 0 Å². The van der Waals surface area contributed by atoms with Crippen molar-refractivity contribution in [2.45, 2.75) is 164 Å². The van der Waals surface area contributed by atoms with Crippen LogP contribution in [0.5, 0.6) is 5.75 Å². The number of rotatable bonds is 16. The molecule has 2 atom stereocenters. The second kappa shape index (κ2) is 22.7. The van der Waals surface area contributed by atoms with E-state index in [0.29, 0.717) is 49.0 Å². The summed E-state index contributed by atoms with van der Waals surface area (Å²) in [6.07, 6.45) is 14.1. The van der Waals surface area contributed by atoms with Crippen LogP contribution in [0.3, 0.4) is 0 Å². The number of ether oxygens (including phenoxy) is 1. The lowest BCUT2D eigenvalue weighted by Gasteiger charge is -2.28. The second-order valence-corrected chi connectivity index (χ2v) is 15.2. The molecule has 0 spiro atoms. The summed E-state index contributed by atoms with van der Waals surface area (Å²) in [7, 11) is 0. The van der Waals surface area contributed by atoms with Gasteiger partial charge in [-0.15, -0.1) is 0 Å². The van der Waals surface area contributed by atoms with Crippen LogP contribution in [0.1, 0.15) is 175 Å². The third kappa shape index (κ3) is 13.0. The fourth-order valence-electron chi connectivity index (χ4n) is 7.76. The van der Waals surface area contributed by atoms with Crippen LogP contribution in [-0.2, 0) is 28.9 Å². The van der Waals surface area contributed by atoms with E-state index < -0.39 is 0 Å². The molecule has 0 unspecified atom stereocenters. The van der Waals surface area contributed by atoms with E-state index in [1.54, 1.807) is 6.92 Å². The maximum Gasteiger partial charge on any atom is 0.146 e. The van der Waals surface area contributed by atoms with Crippen molar-refractivity contribution in [2.24, 2.45) is 0 Å². The molecule has 1 saturated carbocycles. The number of carbonyl (C=O) groups excluding carboxylic acids is 2. The number of hydrogen-bond donors (Lipinski definition) is 0. The molecule has 3 aromatic rings. The summed E-state index contributed by atoms with van der Waals surface area (Å²) in [6.45, 7) is 21.2. The predicted octanol–water partition coefficient (Wildman–Crippen LogP) is 12.4. The Balaban J connectivity index is 0.000000314. The first-order valence-corrected chi connectivity index (χ1v) is 20.8. The fraction of sp³-hybridized carbons (Fsp3) is 0.583. The molecule has 2 aliphatic rings. The summed E-state index contributed by atoms with van der Waals surface area (Å²) >= 11 is 0. The number of Topliss-reactive ketones (excluding diaryl/α,β-unsaturated/α-hetero) is 2. The van der Waals surface area contributed by atoms with Gasteiger partial charge in [-0.2, -0.15) is 0 Å². The number of ketones is 2. The normalized spacial score (nSPS) is 17.0. The van der Waals surface area contributed by atoms with Gasteiger partial charge in [-0.3, -0.25) is 9.69 Å². The molecule has 286 valence electrons. The number of unbranched alkanes of at least 4 members (excludes halogenated alkanes) is 1. The Morgan fingerprint density at radius 2 is 1.42 bits per heavy atom. The molecular formula is C48H71NO3. The van der Waals surface area contributed by atoms with Crippen LogP contribution in [0.15, 0.2) is 54.6 Å². The zero-order chi connectivity index (χ0) is 38.0. The average molecular weight is 710 g/mol. The van der Waals surface area contributed by atoms with Gasteiger partial charge in [-0.1, -0.05) is 108 Å². The van der Waals surface area contributed by atoms with Crippen LogP contribution in [0.2, 0.25) is 0 Å². The Morgan fingerprint density at radius 3 is 1.92 bits per heavy atom. The van der Waals surface area contributed by atoms with Crippen LogP contribution < -0.4 is 4.74 Å². The summed E-state index contributed by atoms with van der Waals surface area (Å²) in [5, 5.41) is 0. The summed E-state index contributed by atoms with van der Waals surface area (Å²) in [4.78, 5) is 25.2. The highest BCUT2D eigenvalue weighted by Gasteiger charge is 2.35. The van der Waals surface area contributed by atoms with E-state index in [1.807, 2.05) is 0 Å². The zero-order valence-electron chi connectivity index (χ0n) is 34.4. The average Bonchev–Trinajstić information content (AvgIpc) is 3.52. The summed E-state index contributed by atoms with van der Waals surface area (Å²) < 4.78 is 6.10. The van der Waals surface area contributed by atoms with Gasteiger partial charge in [0, 0.05) is 25.4 Å². The minimum absolute atomic E-state index is 0.299. The molecule has 1 aliphatic heterocycles. The van der Waals surface area contributed by atoms with Crippen LogP contribution in [-0.4, -0.2) is 36.2 Å². The Hall–Kier alpha value is -3.24. The van der Waals surface area contributed by atoms with Gasteiger partial charge >= 0.3 is 0 Å². The standard InChI is InChI=1S/C30H41NO2.C12H18.C6H12O/c1-4-8-22-12-14-24(15-13-22)29-18-26(20-31(29)21-27(32)9-5-2)25-16-17-28(23-10-7-11-23)30(19-25)33-6-3;1-5-11-7-9(3)8-12(6-2)10(11)4;1-3-4-5-6(2)7/h12-17,19,23,26,29H,4-11,18,20-21H2,1-3H3;7-8H,5-6H2,1-4H3;3-5H2,1-2H3/t26-,29-;;/m1../s1. The molecule has 52 heavy (non-hydrogen) atoms. The highest BCUT2D eigenvalue weighted by molar-refractivity contribution is 5.80. The smallest absolute Gasteiger partial charge is 0.146 e. The molecule has 0 bridgehead atoms. The third-order valence-corrected chi connectivity index (χ3v) is 11.0. The number of nitrogens with zero attached hydrogens (tertiary/aromatic N) is 1. The fourth-order valence-corrected chi connectivity index (χ4v) is 7.76. The maximum atomic E-state index is 12.6. The van der Waals surface area contributed by atoms with Crippen molar-refractivity contribution in [3.8, 4) is 5.75 Å². The molecule has 1 saturated heterocycles. The minimum atomic E-state index is 0.299. The van der Waals surface area contributed by atoms with E-state index in [4.69, 9.17) is 4.74 Å². The maximum absolute atomic E-state index is 12.6. The van der Waals surface area contributed by atoms with Gasteiger partial charge < -0.3 is 9.53 Å². The monoisotopic (exact) mass is 710 g/mol. The molecule has 0 aromatic heterocycles. The van der Waals surface area contributed by atoms with Crippen molar-refractivity contribution < 1.29 is 14.3 Å². The topological polar surface area (TPSA) is 46.6 Å². The van der Waals surface area contributed by atoms with Gasteiger partial charge in [0.15, 0.2) is 0 Å². The lowest BCUT2D eigenvalue weighted by atomic mass is 9.79. The first-order valence-electron chi connectivity index (χ1n) is 20.8. The van der Waals surface area contributed by atoms with Gasteiger partial charge in [0.1, 0.15) is 17.3 Å². The van der Waals surface area contributed by atoms with E-state index in [1.165, 1.54) is 70.2 Å².